The van der Waals surface area contributed by atoms with E-state index in [1.54, 1.807) is 24.3 Å². The molecule has 0 aliphatic rings. The molecule has 19 heavy (non-hydrogen) atoms. The fraction of sp³-hybridized carbons (Fsp3) is 0.200. The Morgan fingerprint density at radius 1 is 1.00 bits per heavy atom. The quantitative estimate of drug-likeness (QED) is 0.863. The van der Waals surface area contributed by atoms with Crippen molar-refractivity contribution in [2.75, 3.05) is 0 Å². The lowest BCUT2D eigenvalue weighted by Crippen LogP contribution is -2.12. The first-order chi connectivity index (χ1) is 9.16. The number of aromatic hydroxyl groups is 1. The molecule has 0 saturated heterocycles. The van der Waals surface area contributed by atoms with Crippen LogP contribution in [0.5, 0.6) is 5.75 Å². The van der Waals surface area contributed by atoms with Gasteiger partial charge in [0.05, 0.1) is 0 Å². The summed E-state index contributed by atoms with van der Waals surface area (Å²) in [5.74, 6) is 0.233. The standard InChI is InChI=1S/C15H15F2NO/c16-15(17)12-6-3-4-11(8-12)9-18-10-13-5-1-2-7-14(13)19/h1-8,15,18-19H,9-10H2. The zero-order valence-electron chi connectivity index (χ0n) is 10.3. The van der Waals surface area contributed by atoms with Crippen LogP contribution < -0.4 is 5.32 Å². The van der Waals surface area contributed by atoms with Crippen LogP contribution >= 0.6 is 0 Å². The Morgan fingerprint density at radius 2 is 1.79 bits per heavy atom. The Labute approximate surface area is 110 Å². The van der Waals surface area contributed by atoms with Crippen molar-refractivity contribution in [1.82, 2.24) is 5.32 Å². The maximum Gasteiger partial charge on any atom is 0.263 e. The lowest BCUT2D eigenvalue weighted by Gasteiger charge is -2.08. The molecule has 0 unspecified atom stereocenters. The van der Waals surface area contributed by atoms with Gasteiger partial charge in [-0.05, 0) is 17.7 Å². The van der Waals surface area contributed by atoms with Crippen LogP contribution in [0.25, 0.3) is 0 Å². The summed E-state index contributed by atoms with van der Waals surface area (Å²) in [4.78, 5) is 0. The topological polar surface area (TPSA) is 32.3 Å². The molecule has 0 saturated carbocycles. The second kappa shape index (κ2) is 6.29. The average molecular weight is 263 g/mol. The highest BCUT2D eigenvalue weighted by molar-refractivity contribution is 5.31. The average Bonchev–Trinajstić information content (AvgIpc) is 2.41. The Kier molecular flexibility index (Phi) is 4.47. The van der Waals surface area contributed by atoms with Gasteiger partial charge in [0.1, 0.15) is 5.75 Å². The highest BCUT2D eigenvalue weighted by Crippen LogP contribution is 2.19. The predicted octanol–water partition coefficient (Wildman–Crippen LogP) is 3.62. The van der Waals surface area contributed by atoms with E-state index >= 15 is 0 Å². The zero-order chi connectivity index (χ0) is 13.7. The number of phenolic OH excluding ortho intramolecular Hbond substituents is 1. The number of phenols is 1. The summed E-state index contributed by atoms with van der Waals surface area (Å²) < 4.78 is 25.1. The van der Waals surface area contributed by atoms with E-state index in [-0.39, 0.29) is 11.3 Å². The summed E-state index contributed by atoms with van der Waals surface area (Å²) in [6, 6.07) is 13.4. The predicted molar refractivity (Wildman–Crippen MR) is 70.0 cm³/mol. The summed E-state index contributed by atoms with van der Waals surface area (Å²) in [5.41, 5.74) is 1.61. The molecule has 0 amide bonds. The van der Waals surface area contributed by atoms with Crippen LogP contribution in [0.1, 0.15) is 23.1 Å². The van der Waals surface area contributed by atoms with E-state index in [0.717, 1.165) is 11.1 Å². The fourth-order valence-corrected chi connectivity index (χ4v) is 1.84. The molecule has 4 heteroatoms. The van der Waals surface area contributed by atoms with Crippen molar-refractivity contribution in [2.45, 2.75) is 19.5 Å². The van der Waals surface area contributed by atoms with Gasteiger partial charge in [-0.3, -0.25) is 0 Å². The smallest absolute Gasteiger partial charge is 0.263 e. The van der Waals surface area contributed by atoms with Crippen LogP contribution in [0, 0.1) is 0 Å². The Balaban J connectivity index is 1.93. The van der Waals surface area contributed by atoms with Crippen LogP contribution in [0.15, 0.2) is 48.5 Å². The van der Waals surface area contributed by atoms with Crippen molar-refractivity contribution in [3.8, 4) is 5.75 Å². The van der Waals surface area contributed by atoms with Crippen LogP contribution in [-0.4, -0.2) is 5.11 Å². The number of nitrogens with one attached hydrogen (secondary N) is 1. The second-order valence-electron chi connectivity index (χ2n) is 4.28. The normalized spacial score (nSPS) is 10.9. The lowest BCUT2D eigenvalue weighted by molar-refractivity contribution is 0.151. The number of halogens is 2. The van der Waals surface area contributed by atoms with E-state index in [1.807, 2.05) is 12.1 Å². The third-order valence-electron chi connectivity index (χ3n) is 2.84. The van der Waals surface area contributed by atoms with E-state index in [0.29, 0.717) is 13.1 Å². The van der Waals surface area contributed by atoms with Crippen LogP contribution in [-0.2, 0) is 13.1 Å². The third kappa shape index (κ3) is 3.76. The van der Waals surface area contributed by atoms with E-state index in [2.05, 4.69) is 5.32 Å². The summed E-state index contributed by atoms with van der Waals surface area (Å²) in [6.45, 7) is 0.973. The highest BCUT2D eigenvalue weighted by atomic mass is 19.3. The maximum absolute atomic E-state index is 12.5. The van der Waals surface area contributed by atoms with Gasteiger partial charge in [-0.1, -0.05) is 36.4 Å². The fourth-order valence-electron chi connectivity index (χ4n) is 1.84. The van der Waals surface area contributed by atoms with Crippen molar-refractivity contribution in [3.05, 3.63) is 65.2 Å². The number of hydrogen-bond acceptors (Lipinski definition) is 2. The van der Waals surface area contributed by atoms with Crippen molar-refractivity contribution in [3.63, 3.8) is 0 Å². The molecule has 0 spiro atoms. The molecule has 2 N–H and O–H groups in total. The summed E-state index contributed by atoms with van der Waals surface area (Å²) in [6.07, 6.45) is -2.45. The molecule has 0 atom stereocenters. The molecule has 2 aromatic carbocycles. The van der Waals surface area contributed by atoms with E-state index in [4.69, 9.17) is 0 Å². The molecule has 0 aromatic heterocycles. The third-order valence-corrected chi connectivity index (χ3v) is 2.84. The van der Waals surface area contributed by atoms with E-state index in [9.17, 15) is 13.9 Å². The number of alkyl halides is 2. The van der Waals surface area contributed by atoms with Gasteiger partial charge in [0.15, 0.2) is 0 Å². The minimum Gasteiger partial charge on any atom is -0.508 e. The van der Waals surface area contributed by atoms with Crippen molar-refractivity contribution in [1.29, 1.82) is 0 Å². The summed E-state index contributed by atoms with van der Waals surface area (Å²) in [7, 11) is 0. The van der Waals surface area contributed by atoms with Crippen LogP contribution in [0.2, 0.25) is 0 Å². The van der Waals surface area contributed by atoms with Gasteiger partial charge in [-0.25, -0.2) is 8.78 Å². The van der Waals surface area contributed by atoms with Crippen LogP contribution in [0.3, 0.4) is 0 Å². The van der Waals surface area contributed by atoms with Crippen molar-refractivity contribution in [2.24, 2.45) is 0 Å². The largest absolute Gasteiger partial charge is 0.508 e. The molecule has 2 rings (SSSR count). The molecular formula is C15H15F2NO. The first kappa shape index (κ1) is 13.5. The number of hydrogen-bond donors (Lipinski definition) is 2. The van der Waals surface area contributed by atoms with Crippen molar-refractivity contribution < 1.29 is 13.9 Å². The van der Waals surface area contributed by atoms with Gasteiger partial charge in [0, 0.05) is 24.2 Å². The molecule has 100 valence electrons. The van der Waals surface area contributed by atoms with Gasteiger partial charge < -0.3 is 10.4 Å². The molecule has 0 bridgehead atoms. The lowest BCUT2D eigenvalue weighted by atomic mass is 10.1. The second-order valence-corrected chi connectivity index (χ2v) is 4.28. The summed E-state index contributed by atoms with van der Waals surface area (Å²) >= 11 is 0. The minimum absolute atomic E-state index is 0.0295. The van der Waals surface area contributed by atoms with Gasteiger partial charge in [-0.2, -0.15) is 0 Å². The molecule has 2 aromatic rings. The van der Waals surface area contributed by atoms with Gasteiger partial charge in [0.25, 0.3) is 6.43 Å². The van der Waals surface area contributed by atoms with Gasteiger partial charge in [-0.15, -0.1) is 0 Å². The molecule has 0 radical (unpaired) electrons. The molecule has 0 aliphatic carbocycles. The zero-order valence-corrected chi connectivity index (χ0v) is 10.3. The van der Waals surface area contributed by atoms with Crippen molar-refractivity contribution >= 4 is 0 Å². The minimum atomic E-state index is -2.45. The highest BCUT2D eigenvalue weighted by Gasteiger charge is 2.06. The number of benzene rings is 2. The van der Waals surface area contributed by atoms with Gasteiger partial charge in [0.2, 0.25) is 0 Å². The van der Waals surface area contributed by atoms with Gasteiger partial charge >= 0.3 is 0 Å². The maximum atomic E-state index is 12.5. The molecule has 0 fully saturated rings. The van der Waals surface area contributed by atoms with E-state index < -0.39 is 6.43 Å². The van der Waals surface area contributed by atoms with Crippen LogP contribution in [0.4, 0.5) is 8.78 Å². The molecule has 0 aliphatic heterocycles. The molecule has 2 nitrogen and oxygen atoms in total. The Morgan fingerprint density at radius 3 is 2.53 bits per heavy atom. The summed E-state index contributed by atoms with van der Waals surface area (Å²) in [5, 5.41) is 12.7. The number of para-hydroxylation sites is 1. The number of rotatable bonds is 5. The first-order valence-electron chi connectivity index (χ1n) is 6.01. The Bertz CT molecular complexity index is 543. The molecular weight excluding hydrogens is 248 g/mol. The monoisotopic (exact) mass is 263 g/mol. The van der Waals surface area contributed by atoms with E-state index in [1.165, 1.54) is 12.1 Å². The SMILES string of the molecule is Oc1ccccc1CNCc1cccc(C(F)F)c1. The first-order valence-corrected chi connectivity index (χ1v) is 6.01. The molecule has 0 heterocycles. The Hall–Kier alpha value is -1.94.